The van der Waals surface area contributed by atoms with E-state index in [9.17, 15) is 9.59 Å². The Morgan fingerprint density at radius 3 is 2.15 bits per heavy atom. The predicted molar refractivity (Wildman–Crippen MR) is 129 cm³/mol. The van der Waals surface area contributed by atoms with Gasteiger partial charge in [-0.2, -0.15) is 0 Å². The number of anilines is 2. The second-order valence-corrected chi connectivity index (χ2v) is 8.53. The maximum Gasteiger partial charge on any atom is 0.237 e. The number of benzene rings is 2. The Labute approximate surface area is 195 Å². The number of carbonyl (C=O) groups excluding carboxylic acids is 2. The van der Waals surface area contributed by atoms with Crippen molar-refractivity contribution in [2.45, 2.75) is 24.3 Å². The number of thioether (sulfide) groups is 1. The Bertz CT molecular complexity index is 1240. The minimum absolute atomic E-state index is 0.148. The van der Waals surface area contributed by atoms with E-state index in [1.807, 2.05) is 54.0 Å². The van der Waals surface area contributed by atoms with Gasteiger partial charge in [0, 0.05) is 41.9 Å². The van der Waals surface area contributed by atoms with E-state index in [2.05, 4.69) is 25.8 Å². The number of rotatable bonds is 7. The number of aromatic nitrogens is 4. The molecule has 0 bridgehead atoms. The molecule has 0 fully saturated rings. The van der Waals surface area contributed by atoms with Gasteiger partial charge in [-0.15, -0.1) is 10.2 Å². The predicted octanol–water partition coefficient (Wildman–Crippen LogP) is 4.41. The summed E-state index contributed by atoms with van der Waals surface area (Å²) in [6.07, 6.45) is 3.42. The molecule has 4 rings (SSSR count). The molecule has 1 atom stereocenters. The average Bonchev–Trinajstić information content (AvgIpc) is 3.24. The molecule has 2 amide bonds. The molecule has 0 spiro atoms. The monoisotopic (exact) mass is 458 g/mol. The summed E-state index contributed by atoms with van der Waals surface area (Å²) in [6.45, 7) is 3.27. The van der Waals surface area contributed by atoms with Crippen molar-refractivity contribution in [2.75, 3.05) is 10.6 Å². The molecule has 9 heteroatoms. The van der Waals surface area contributed by atoms with Crippen LogP contribution in [0.1, 0.15) is 13.8 Å². The third-order valence-corrected chi connectivity index (χ3v) is 5.75. The van der Waals surface area contributed by atoms with Crippen molar-refractivity contribution < 1.29 is 9.59 Å². The van der Waals surface area contributed by atoms with E-state index < -0.39 is 5.25 Å². The van der Waals surface area contributed by atoms with Crippen LogP contribution < -0.4 is 10.6 Å². The summed E-state index contributed by atoms with van der Waals surface area (Å²) >= 11 is 1.32. The quantitative estimate of drug-likeness (QED) is 0.398. The number of nitrogens with one attached hydrogen (secondary N) is 2. The van der Waals surface area contributed by atoms with Crippen LogP contribution in [0.5, 0.6) is 0 Å². The zero-order chi connectivity index (χ0) is 23.2. The van der Waals surface area contributed by atoms with Crippen LogP contribution in [0.2, 0.25) is 0 Å². The van der Waals surface area contributed by atoms with Gasteiger partial charge in [0.05, 0.1) is 5.25 Å². The summed E-state index contributed by atoms with van der Waals surface area (Å²) in [4.78, 5) is 28.1. The highest BCUT2D eigenvalue weighted by atomic mass is 32.2. The van der Waals surface area contributed by atoms with Crippen molar-refractivity contribution in [3.8, 4) is 17.1 Å². The van der Waals surface area contributed by atoms with Gasteiger partial charge < -0.3 is 10.6 Å². The molecule has 0 saturated heterocycles. The first-order valence-corrected chi connectivity index (χ1v) is 11.2. The standard InChI is InChI=1S/C24H22N6O2S/c1-16(23(32)27-20-10-8-19(9-11-20)26-17(2)31)33-24-29-28-22(18-12-14-25-15-13-18)30(24)21-6-4-3-5-7-21/h3-16H,1-2H3,(H,26,31)(H,27,32). The molecule has 8 nitrogen and oxygen atoms in total. The van der Waals surface area contributed by atoms with E-state index in [-0.39, 0.29) is 11.8 Å². The van der Waals surface area contributed by atoms with Crippen molar-refractivity contribution in [3.63, 3.8) is 0 Å². The Morgan fingerprint density at radius 2 is 1.52 bits per heavy atom. The van der Waals surface area contributed by atoms with E-state index in [4.69, 9.17) is 0 Å². The molecular formula is C24H22N6O2S. The molecule has 2 N–H and O–H groups in total. The van der Waals surface area contributed by atoms with E-state index in [1.54, 1.807) is 36.7 Å². The summed E-state index contributed by atoms with van der Waals surface area (Å²) in [7, 11) is 0. The zero-order valence-corrected chi connectivity index (χ0v) is 18.9. The Morgan fingerprint density at radius 1 is 0.879 bits per heavy atom. The van der Waals surface area contributed by atoms with Gasteiger partial charge in [-0.1, -0.05) is 30.0 Å². The van der Waals surface area contributed by atoms with E-state index in [0.29, 0.717) is 22.4 Å². The molecule has 4 aromatic rings. The Balaban J connectivity index is 1.54. The first kappa shape index (κ1) is 22.2. The van der Waals surface area contributed by atoms with Crippen LogP contribution in [-0.2, 0) is 9.59 Å². The minimum atomic E-state index is -0.433. The number of pyridine rings is 1. The molecule has 0 aliphatic rings. The minimum Gasteiger partial charge on any atom is -0.326 e. The number of nitrogens with zero attached hydrogens (tertiary/aromatic N) is 4. The molecule has 2 aromatic carbocycles. The van der Waals surface area contributed by atoms with Gasteiger partial charge in [0.25, 0.3) is 0 Å². The highest BCUT2D eigenvalue weighted by Crippen LogP contribution is 2.30. The molecule has 0 aliphatic carbocycles. The average molecular weight is 459 g/mol. The molecule has 1 unspecified atom stereocenters. The maximum absolute atomic E-state index is 12.8. The first-order valence-electron chi connectivity index (χ1n) is 10.3. The van der Waals surface area contributed by atoms with Crippen molar-refractivity contribution in [3.05, 3.63) is 79.1 Å². The van der Waals surface area contributed by atoms with Gasteiger partial charge in [0.2, 0.25) is 11.8 Å². The summed E-state index contributed by atoms with van der Waals surface area (Å²) < 4.78 is 1.94. The smallest absolute Gasteiger partial charge is 0.237 e. The highest BCUT2D eigenvalue weighted by Gasteiger charge is 2.22. The fourth-order valence-electron chi connectivity index (χ4n) is 3.14. The third kappa shape index (κ3) is 5.45. The molecule has 2 heterocycles. The van der Waals surface area contributed by atoms with E-state index in [0.717, 1.165) is 11.3 Å². The van der Waals surface area contributed by atoms with E-state index in [1.165, 1.54) is 18.7 Å². The summed E-state index contributed by atoms with van der Waals surface area (Å²) in [6, 6.07) is 20.5. The zero-order valence-electron chi connectivity index (χ0n) is 18.1. The number of amides is 2. The van der Waals surface area contributed by atoms with Gasteiger partial charge in [-0.3, -0.25) is 19.1 Å². The Kier molecular flexibility index (Phi) is 6.80. The van der Waals surface area contributed by atoms with Crippen LogP contribution in [-0.4, -0.2) is 36.8 Å². The summed E-state index contributed by atoms with van der Waals surface area (Å²) in [5.74, 6) is 0.359. The lowest BCUT2D eigenvalue weighted by atomic mass is 10.2. The van der Waals surface area contributed by atoms with Crippen LogP contribution in [0.25, 0.3) is 17.1 Å². The van der Waals surface area contributed by atoms with Gasteiger partial charge in [0.15, 0.2) is 11.0 Å². The van der Waals surface area contributed by atoms with Crippen LogP contribution >= 0.6 is 11.8 Å². The van der Waals surface area contributed by atoms with Crippen LogP contribution in [0.15, 0.2) is 84.3 Å². The molecular weight excluding hydrogens is 436 g/mol. The molecule has 166 valence electrons. The first-order chi connectivity index (χ1) is 16.0. The van der Waals surface area contributed by atoms with E-state index >= 15 is 0 Å². The van der Waals surface area contributed by atoms with Crippen molar-refractivity contribution in [1.29, 1.82) is 0 Å². The third-order valence-electron chi connectivity index (χ3n) is 4.71. The van der Waals surface area contributed by atoms with Gasteiger partial charge in [0.1, 0.15) is 0 Å². The lowest BCUT2D eigenvalue weighted by Gasteiger charge is -2.14. The lowest BCUT2D eigenvalue weighted by molar-refractivity contribution is -0.115. The molecule has 0 aliphatic heterocycles. The highest BCUT2D eigenvalue weighted by molar-refractivity contribution is 8.00. The fourth-order valence-corrected chi connectivity index (χ4v) is 4.01. The summed E-state index contributed by atoms with van der Waals surface area (Å²) in [5.41, 5.74) is 3.09. The molecule has 0 saturated carbocycles. The van der Waals surface area contributed by atoms with Crippen molar-refractivity contribution in [2.24, 2.45) is 0 Å². The van der Waals surface area contributed by atoms with Gasteiger partial charge in [-0.25, -0.2) is 0 Å². The second-order valence-electron chi connectivity index (χ2n) is 7.22. The maximum atomic E-state index is 12.8. The summed E-state index contributed by atoms with van der Waals surface area (Å²) in [5, 5.41) is 14.5. The van der Waals surface area contributed by atoms with Crippen molar-refractivity contribution in [1.82, 2.24) is 19.7 Å². The Hall–Kier alpha value is -3.98. The molecule has 0 radical (unpaired) electrons. The lowest BCUT2D eigenvalue weighted by Crippen LogP contribution is -2.23. The fraction of sp³-hybridized carbons (Fsp3) is 0.125. The SMILES string of the molecule is CC(=O)Nc1ccc(NC(=O)C(C)Sc2nnc(-c3ccncc3)n2-c2ccccc2)cc1. The van der Waals surface area contributed by atoms with Crippen LogP contribution in [0, 0.1) is 0 Å². The molecule has 33 heavy (non-hydrogen) atoms. The van der Waals surface area contributed by atoms with Gasteiger partial charge >= 0.3 is 0 Å². The molecule has 2 aromatic heterocycles. The van der Waals surface area contributed by atoms with Crippen LogP contribution in [0.4, 0.5) is 11.4 Å². The largest absolute Gasteiger partial charge is 0.326 e. The number of hydrogen-bond donors (Lipinski definition) is 2. The van der Waals surface area contributed by atoms with Crippen molar-refractivity contribution >= 4 is 35.0 Å². The number of carbonyl (C=O) groups is 2. The topological polar surface area (TPSA) is 102 Å². The normalized spacial score (nSPS) is 11.6. The van der Waals surface area contributed by atoms with Gasteiger partial charge in [-0.05, 0) is 55.5 Å². The number of hydrogen-bond acceptors (Lipinski definition) is 6. The van der Waals surface area contributed by atoms with Crippen LogP contribution in [0.3, 0.4) is 0 Å². The second kappa shape index (κ2) is 10.1. The number of para-hydroxylation sites is 1.